The van der Waals surface area contributed by atoms with E-state index in [1.807, 2.05) is 14.1 Å². The quantitative estimate of drug-likeness (QED) is 0.565. The number of alkyl halides is 4. The minimum Gasteiger partial charge on any atom is -0.323 e. The lowest BCUT2D eigenvalue weighted by molar-refractivity contribution is 0.0827. The highest BCUT2D eigenvalue weighted by Crippen LogP contribution is 2.16. The van der Waals surface area contributed by atoms with Crippen LogP contribution in [0.2, 0.25) is 0 Å². The van der Waals surface area contributed by atoms with Crippen LogP contribution in [0, 0.1) is 0 Å². The highest BCUT2D eigenvalue weighted by atomic mass is 32.2. The normalized spacial score (nSPS) is 16.6. The van der Waals surface area contributed by atoms with E-state index < -0.39 is 47.5 Å². The van der Waals surface area contributed by atoms with Crippen molar-refractivity contribution in [1.82, 2.24) is 5.32 Å². The Balaban J connectivity index is 0. The molecule has 0 aliphatic carbocycles. The maximum atomic E-state index is 12.6. The molecule has 0 rings (SSSR count). The van der Waals surface area contributed by atoms with Crippen LogP contribution in [0.25, 0.3) is 0 Å². The third-order valence-electron chi connectivity index (χ3n) is 1.45. The summed E-state index contributed by atoms with van der Waals surface area (Å²) in [5.41, 5.74) is 0. The molecule has 0 amide bonds. The molecule has 9 heteroatoms. The minimum absolute atomic E-state index is 0.840. The van der Waals surface area contributed by atoms with Crippen LogP contribution in [0.4, 0.5) is 17.6 Å². The number of nitrogens with one attached hydrogen (secondary N) is 1. The Morgan fingerprint density at radius 3 is 1.88 bits per heavy atom. The molecular weight excluding hydrogens is 266 g/mol. The molecule has 106 valence electrons. The summed E-state index contributed by atoms with van der Waals surface area (Å²) in [6.45, 7) is -1.17. The van der Waals surface area contributed by atoms with Crippen LogP contribution in [-0.2, 0) is 10.1 Å². The largest absolute Gasteiger partial charge is 0.323 e. The van der Waals surface area contributed by atoms with Crippen LogP contribution in [0.15, 0.2) is 0 Å². The second-order valence-electron chi connectivity index (χ2n) is 3.20. The second kappa shape index (κ2) is 9.60. The summed E-state index contributed by atoms with van der Waals surface area (Å²) in [4.78, 5) is 0. The highest BCUT2D eigenvalue weighted by Gasteiger charge is 2.32. The molecule has 17 heavy (non-hydrogen) atoms. The van der Waals surface area contributed by atoms with Crippen molar-refractivity contribution in [3.8, 4) is 0 Å². The van der Waals surface area contributed by atoms with Gasteiger partial charge in [0.05, 0.1) is 6.67 Å². The lowest BCUT2D eigenvalue weighted by Gasteiger charge is -2.15. The monoisotopic (exact) mass is 283 g/mol. The van der Waals surface area contributed by atoms with Gasteiger partial charge in [-0.15, -0.1) is 0 Å². The van der Waals surface area contributed by atoms with Gasteiger partial charge in [-0.2, -0.15) is 8.42 Å². The number of hydrogen-bond acceptors (Lipinski definition) is 3. The molecule has 0 fully saturated rings. The van der Waals surface area contributed by atoms with Gasteiger partial charge < -0.3 is 5.32 Å². The van der Waals surface area contributed by atoms with Crippen LogP contribution in [0.3, 0.4) is 0 Å². The topological polar surface area (TPSA) is 66.4 Å². The Morgan fingerprint density at radius 1 is 1.18 bits per heavy atom. The van der Waals surface area contributed by atoms with Crippen LogP contribution < -0.4 is 5.32 Å². The smallest absolute Gasteiger partial charge is 0.267 e. The Hall–Kier alpha value is -0.410. The van der Waals surface area contributed by atoms with E-state index in [9.17, 15) is 26.0 Å². The van der Waals surface area contributed by atoms with Crippen LogP contribution in [0.5, 0.6) is 0 Å². The van der Waals surface area contributed by atoms with Gasteiger partial charge in [-0.1, -0.05) is 0 Å². The van der Waals surface area contributed by atoms with E-state index in [1.165, 1.54) is 0 Å². The van der Waals surface area contributed by atoms with Gasteiger partial charge >= 0.3 is 0 Å². The zero-order valence-electron chi connectivity index (χ0n) is 9.54. The molecule has 0 aromatic heterocycles. The molecule has 0 aliphatic heterocycles. The number of hydrogen-bond donors (Lipinski definition) is 2. The molecular formula is C8H17F4NO3S. The molecule has 0 radical (unpaired) electrons. The lowest BCUT2D eigenvalue weighted by Crippen LogP contribution is -2.33. The lowest BCUT2D eigenvalue weighted by atomic mass is 10.1. The van der Waals surface area contributed by atoms with Crippen LogP contribution in [0.1, 0.15) is 6.42 Å². The third kappa shape index (κ3) is 11.8. The van der Waals surface area contributed by atoms with Crippen LogP contribution >= 0.6 is 0 Å². The van der Waals surface area contributed by atoms with E-state index in [0.29, 0.717) is 0 Å². The fourth-order valence-electron chi connectivity index (χ4n) is 0.783. The van der Waals surface area contributed by atoms with Crippen molar-refractivity contribution in [3.63, 3.8) is 0 Å². The molecule has 0 saturated heterocycles. The first-order valence-corrected chi connectivity index (χ1v) is 6.32. The summed E-state index contributed by atoms with van der Waals surface area (Å²) in [5.74, 6) is -1.53. The molecule has 0 spiro atoms. The molecule has 4 nitrogen and oxygen atoms in total. The first-order chi connectivity index (χ1) is 7.69. The number of halogens is 4. The Kier molecular flexibility index (Phi) is 10.7. The molecule has 0 saturated carbocycles. The zero-order chi connectivity index (χ0) is 14.1. The maximum Gasteiger partial charge on any atom is 0.267 e. The molecule has 0 aromatic rings. The van der Waals surface area contributed by atoms with Crippen LogP contribution in [-0.4, -0.2) is 58.0 Å². The summed E-state index contributed by atoms with van der Waals surface area (Å²) < 4.78 is 77.5. The van der Waals surface area contributed by atoms with Gasteiger partial charge in [0.25, 0.3) is 10.1 Å². The van der Waals surface area contributed by atoms with Crippen molar-refractivity contribution in [2.75, 3.05) is 26.5 Å². The molecule has 0 aliphatic rings. The first kappa shape index (κ1) is 18.9. The van der Waals surface area contributed by atoms with Crippen molar-refractivity contribution in [2.24, 2.45) is 0 Å². The van der Waals surface area contributed by atoms with Gasteiger partial charge in [-0.05, 0) is 14.1 Å². The average Bonchev–Trinajstić information content (AvgIpc) is 2.15. The summed E-state index contributed by atoms with van der Waals surface area (Å²) in [6, 6.07) is 0. The van der Waals surface area contributed by atoms with Crippen molar-refractivity contribution >= 4 is 10.1 Å². The summed E-state index contributed by atoms with van der Waals surface area (Å²) >= 11 is 0. The van der Waals surface area contributed by atoms with Gasteiger partial charge in [0, 0.05) is 6.42 Å². The minimum atomic E-state index is -4.69. The van der Waals surface area contributed by atoms with Gasteiger partial charge in [0.1, 0.15) is 11.9 Å². The maximum absolute atomic E-state index is 12.6. The highest BCUT2D eigenvalue weighted by molar-refractivity contribution is 7.85. The van der Waals surface area contributed by atoms with Gasteiger partial charge in [-0.25, -0.2) is 13.2 Å². The molecule has 3 atom stereocenters. The predicted octanol–water partition coefficient (Wildman–Crippen LogP) is 1.08. The fourth-order valence-corrected chi connectivity index (χ4v) is 1.37. The molecule has 0 heterocycles. The van der Waals surface area contributed by atoms with Crippen molar-refractivity contribution in [2.45, 2.75) is 24.9 Å². The van der Waals surface area contributed by atoms with Crippen molar-refractivity contribution < 1.29 is 30.5 Å². The first-order valence-electron chi connectivity index (χ1n) is 4.71. The second-order valence-corrected chi connectivity index (χ2v) is 4.70. The van der Waals surface area contributed by atoms with E-state index in [-0.39, 0.29) is 0 Å². The molecule has 0 bridgehead atoms. The predicted molar refractivity (Wildman–Crippen MR) is 56.7 cm³/mol. The Labute approximate surface area is 98.1 Å². The van der Waals surface area contributed by atoms with Gasteiger partial charge in [-0.3, -0.25) is 8.94 Å². The SMILES string of the molecule is CNC.O=S(=O)(O)CC(F)C(F)C(F)CCF. The van der Waals surface area contributed by atoms with E-state index >= 15 is 0 Å². The standard InChI is InChI=1S/C6H10F4O3S.C2H7N/c7-2-1-4(8)6(10)5(9)3-14(11,12)13;1-3-2/h4-6H,1-3H2,(H,11,12,13);3H,1-2H3. The zero-order valence-corrected chi connectivity index (χ0v) is 10.4. The summed E-state index contributed by atoms with van der Waals surface area (Å²) in [5, 5.41) is 2.75. The van der Waals surface area contributed by atoms with E-state index in [4.69, 9.17) is 4.55 Å². The fraction of sp³-hybridized carbons (Fsp3) is 1.00. The summed E-state index contributed by atoms with van der Waals surface area (Å²) in [6.07, 6.45) is -8.68. The van der Waals surface area contributed by atoms with Crippen molar-refractivity contribution in [1.29, 1.82) is 0 Å². The Morgan fingerprint density at radius 2 is 1.59 bits per heavy atom. The Bertz CT molecular complexity index is 276. The van der Waals surface area contributed by atoms with E-state index in [2.05, 4.69) is 5.32 Å². The third-order valence-corrected chi connectivity index (χ3v) is 2.19. The van der Waals surface area contributed by atoms with E-state index in [0.717, 1.165) is 0 Å². The molecule has 3 unspecified atom stereocenters. The average molecular weight is 283 g/mol. The number of rotatable bonds is 6. The summed E-state index contributed by atoms with van der Waals surface area (Å²) in [7, 11) is -0.942. The van der Waals surface area contributed by atoms with Gasteiger partial charge in [0.15, 0.2) is 12.3 Å². The molecule has 2 N–H and O–H groups in total. The van der Waals surface area contributed by atoms with Gasteiger partial charge in [0.2, 0.25) is 0 Å². The van der Waals surface area contributed by atoms with E-state index in [1.54, 1.807) is 0 Å². The molecule has 0 aromatic carbocycles. The van der Waals surface area contributed by atoms with Crippen molar-refractivity contribution in [3.05, 3.63) is 0 Å².